The van der Waals surface area contributed by atoms with E-state index in [1.165, 1.54) is 16.8 Å². The second-order valence-electron chi connectivity index (χ2n) is 2.89. The molecule has 15 heavy (non-hydrogen) atoms. The topological polar surface area (TPSA) is 79.7 Å². The fourth-order valence-electron chi connectivity index (χ4n) is 1.06. The number of carbonyl (C=O) groups excluding carboxylic acids is 1. The van der Waals surface area contributed by atoms with Crippen molar-refractivity contribution in [3.63, 3.8) is 0 Å². The van der Waals surface area contributed by atoms with Crippen molar-refractivity contribution in [1.29, 1.82) is 0 Å². The summed E-state index contributed by atoms with van der Waals surface area (Å²) in [5.74, 6) is -0.487. The molecule has 0 saturated heterocycles. The predicted octanol–water partition coefficient (Wildman–Crippen LogP) is 0.216. The van der Waals surface area contributed by atoms with Crippen LogP contribution in [0, 0.1) is 0 Å². The van der Waals surface area contributed by atoms with Gasteiger partial charge in [-0.25, -0.2) is 9.78 Å². The number of thiazole rings is 1. The molecule has 0 aliphatic carbocycles. The van der Waals surface area contributed by atoms with Gasteiger partial charge in [-0.05, 0) is 6.92 Å². The Morgan fingerprint density at radius 3 is 3.07 bits per heavy atom. The standard InChI is InChI=1S/C9H13NO4S/c1-2-14-9(13)8-7(15-5-10-8)3-6(12)4-11/h5-6,11-12H,2-4H2,1H3. The molecular formula is C9H13NO4S. The third-order valence-corrected chi connectivity index (χ3v) is 2.60. The minimum Gasteiger partial charge on any atom is -0.461 e. The van der Waals surface area contributed by atoms with Crippen LogP contribution in [0.1, 0.15) is 22.3 Å². The van der Waals surface area contributed by atoms with E-state index in [1.54, 1.807) is 6.92 Å². The van der Waals surface area contributed by atoms with Crippen molar-refractivity contribution in [2.75, 3.05) is 13.2 Å². The number of hydrogen-bond acceptors (Lipinski definition) is 6. The molecule has 1 heterocycles. The van der Waals surface area contributed by atoms with Gasteiger partial charge in [-0.15, -0.1) is 11.3 Å². The van der Waals surface area contributed by atoms with Crippen LogP contribution in [0.25, 0.3) is 0 Å². The molecular weight excluding hydrogens is 218 g/mol. The highest BCUT2D eigenvalue weighted by Crippen LogP contribution is 2.16. The van der Waals surface area contributed by atoms with Crippen LogP contribution in [0.15, 0.2) is 5.51 Å². The number of aliphatic hydroxyl groups is 2. The molecule has 0 aromatic carbocycles. The van der Waals surface area contributed by atoms with E-state index < -0.39 is 12.1 Å². The van der Waals surface area contributed by atoms with Crippen LogP contribution in [0.3, 0.4) is 0 Å². The zero-order valence-electron chi connectivity index (χ0n) is 8.34. The van der Waals surface area contributed by atoms with Crippen LogP contribution in [-0.4, -0.2) is 40.5 Å². The SMILES string of the molecule is CCOC(=O)c1ncsc1CC(O)CO. The molecule has 0 radical (unpaired) electrons. The maximum Gasteiger partial charge on any atom is 0.358 e. The van der Waals surface area contributed by atoms with Crippen molar-refractivity contribution in [3.05, 3.63) is 16.1 Å². The molecule has 1 unspecified atom stereocenters. The number of nitrogens with zero attached hydrogens (tertiary/aromatic N) is 1. The number of carbonyl (C=O) groups is 1. The van der Waals surface area contributed by atoms with Gasteiger partial charge in [0, 0.05) is 11.3 Å². The summed E-state index contributed by atoms with van der Waals surface area (Å²) in [5, 5.41) is 17.9. The molecule has 1 aromatic rings. The van der Waals surface area contributed by atoms with Crippen LogP contribution in [0.2, 0.25) is 0 Å². The Morgan fingerprint density at radius 2 is 2.47 bits per heavy atom. The van der Waals surface area contributed by atoms with Crippen molar-refractivity contribution in [3.8, 4) is 0 Å². The highest BCUT2D eigenvalue weighted by molar-refractivity contribution is 7.09. The average molecular weight is 231 g/mol. The molecule has 0 bridgehead atoms. The molecule has 1 atom stereocenters. The van der Waals surface area contributed by atoms with Crippen LogP contribution in [0.5, 0.6) is 0 Å². The molecule has 0 aliphatic heterocycles. The number of rotatable bonds is 5. The largest absolute Gasteiger partial charge is 0.461 e. The third-order valence-electron chi connectivity index (χ3n) is 1.74. The highest BCUT2D eigenvalue weighted by Gasteiger charge is 2.18. The van der Waals surface area contributed by atoms with E-state index in [1.807, 2.05) is 0 Å². The minimum absolute atomic E-state index is 0.218. The average Bonchev–Trinajstić information content (AvgIpc) is 2.66. The van der Waals surface area contributed by atoms with Crippen molar-refractivity contribution >= 4 is 17.3 Å². The second-order valence-corrected chi connectivity index (χ2v) is 3.82. The fourth-order valence-corrected chi connectivity index (χ4v) is 1.88. The van der Waals surface area contributed by atoms with Gasteiger partial charge in [-0.3, -0.25) is 0 Å². The van der Waals surface area contributed by atoms with Gasteiger partial charge in [0.15, 0.2) is 5.69 Å². The Kier molecular flexibility index (Phi) is 4.67. The Hall–Kier alpha value is -0.980. The fraction of sp³-hybridized carbons (Fsp3) is 0.556. The van der Waals surface area contributed by atoms with Crippen molar-refractivity contribution in [1.82, 2.24) is 4.98 Å². The first-order valence-corrected chi connectivity index (χ1v) is 5.45. The number of hydrogen-bond donors (Lipinski definition) is 2. The Balaban J connectivity index is 2.73. The van der Waals surface area contributed by atoms with E-state index in [0.717, 1.165) is 0 Å². The zero-order chi connectivity index (χ0) is 11.3. The van der Waals surface area contributed by atoms with E-state index in [9.17, 15) is 9.90 Å². The lowest BCUT2D eigenvalue weighted by Gasteiger charge is -2.06. The van der Waals surface area contributed by atoms with Crippen LogP contribution >= 0.6 is 11.3 Å². The number of ether oxygens (including phenoxy) is 1. The molecule has 0 aliphatic rings. The van der Waals surface area contributed by atoms with Gasteiger partial charge in [0.1, 0.15) is 0 Å². The molecule has 1 rings (SSSR count). The van der Waals surface area contributed by atoms with Gasteiger partial charge in [0.25, 0.3) is 0 Å². The molecule has 5 nitrogen and oxygen atoms in total. The lowest BCUT2D eigenvalue weighted by molar-refractivity contribution is 0.0516. The summed E-state index contributed by atoms with van der Waals surface area (Å²) >= 11 is 1.26. The lowest BCUT2D eigenvalue weighted by atomic mass is 10.2. The molecule has 6 heteroatoms. The first kappa shape index (κ1) is 12.1. The molecule has 0 amide bonds. The molecule has 0 spiro atoms. The van der Waals surface area contributed by atoms with Gasteiger partial charge in [-0.1, -0.05) is 0 Å². The van der Waals surface area contributed by atoms with Crippen LogP contribution in [-0.2, 0) is 11.2 Å². The second kappa shape index (κ2) is 5.79. The maximum atomic E-state index is 11.4. The minimum atomic E-state index is -0.862. The third kappa shape index (κ3) is 3.26. The molecule has 0 fully saturated rings. The number of aliphatic hydroxyl groups excluding tert-OH is 2. The van der Waals surface area contributed by atoms with Crippen LogP contribution < -0.4 is 0 Å². The van der Waals surface area contributed by atoms with E-state index in [4.69, 9.17) is 9.84 Å². The van der Waals surface area contributed by atoms with Crippen molar-refractivity contribution < 1.29 is 19.7 Å². The predicted molar refractivity (Wildman–Crippen MR) is 54.9 cm³/mol. The number of esters is 1. The Bertz CT molecular complexity index is 326. The summed E-state index contributed by atoms with van der Waals surface area (Å²) in [6, 6.07) is 0. The first-order valence-electron chi connectivity index (χ1n) is 4.57. The smallest absolute Gasteiger partial charge is 0.358 e. The summed E-state index contributed by atoms with van der Waals surface area (Å²) in [7, 11) is 0. The van der Waals surface area contributed by atoms with Gasteiger partial charge < -0.3 is 14.9 Å². The summed E-state index contributed by atoms with van der Waals surface area (Å²) in [6.45, 7) is 1.67. The maximum absolute atomic E-state index is 11.4. The first-order chi connectivity index (χ1) is 7.19. The molecule has 2 N–H and O–H groups in total. The number of aromatic nitrogens is 1. The molecule has 1 aromatic heterocycles. The Morgan fingerprint density at radius 1 is 1.73 bits per heavy atom. The van der Waals surface area contributed by atoms with E-state index in [0.29, 0.717) is 11.5 Å². The summed E-state index contributed by atoms with van der Waals surface area (Å²) in [6.07, 6.45) is -0.645. The van der Waals surface area contributed by atoms with E-state index in [2.05, 4.69) is 4.98 Å². The summed E-state index contributed by atoms with van der Waals surface area (Å²) in [5.41, 5.74) is 1.75. The summed E-state index contributed by atoms with van der Waals surface area (Å²) in [4.78, 5) is 15.9. The van der Waals surface area contributed by atoms with Crippen molar-refractivity contribution in [2.24, 2.45) is 0 Å². The monoisotopic (exact) mass is 231 g/mol. The quantitative estimate of drug-likeness (QED) is 0.708. The summed E-state index contributed by atoms with van der Waals surface area (Å²) < 4.78 is 4.80. The van der Waals surface area contributed by atoms with Gasteiger partial charge in [-0.2, -0.15) is 0 Å². The van der Waals surface area contributed by atoms with E-state index in [-0.39, 0.29) is 18.7 Å². The van der Waals surface area contributed by atoms with Crippen molar-refractivity contribution in [2.45, 2.75) is 19.4 Å². The van der Waals surface area contributed by atoms with Crippen LogP contribution in [0.4, 0.5) is 0 Å². The molecule has 0 saturated carbocycles. The van der Waals surface area contributed by atoms with Gasteiger partial charge in [0.05, 0.1) is 24.8 Å². The zero-order valence-corrected chi connectivity index (χ0v) is 9.16. The normalized spacial score (nSPS) is 12.5. The molecule has 84 valence electrons. The van der Waals surface area contributed by atoms with Gasteiger partial charge in [0.2, 0.25) is 0 Å². The Labute approximate surface area is 91.3 Å². The lowest BCUT2D eigenvalue weighted by Crippen LogP contribution is -2.17. The van der Waals surface area contributed by atoms with E-state index >= 15 is 0 Å². The van der Waals surface area contributed by atoms with Gasteiger partial charge >= 0.3 is 5.97 Å². The highest BCUT2D eigenvalue weighted by atomic mass is 32.1.